The fourth-order valence-corrected chi connectivity index (χ4v) is 4.26. The van der Waals surface area contributed by atoms with Crippen molar-refractivity contribution in [3.63, 3.8) is 0 Å². The van der Waals surface area contributed by atoms with Gasteiger partial charge in [0.05, 0.1) is 21.1 Å². The van der Waals surface area contributed by atoms with Gasteiger partial charge in [0.1, 0.15) is 11.2 Å². The first-order valence-corrected chi connectivity index (χ1v) is 12.7. The van der Waals surface area contributed by atoms with Crippen LogP contribution in [0, 0.1) is 24.4 Å². The van der Waals surface area contributed by atoms with Crippen LogP contribution < -0.4 is 10.1 Å². The highest BCUT2D eigenvalue weighted by Crippen LogP contribution is 2.45. The summed E-state index contributed by atoms with van der Waals surface area (Å²) in [6, 6.07) is 6.40. The number of carbonyl (C=O) groups excluding carboxylic acids is 1. The van der Waals surface area contributed by atoms with E-state index in [0.29, 0.717) is 12.8 Å². The lowest BCUT2D eigenvalue weighted by molar-refractivity contribution is -0.142. The van der Waals surface area contributed by atoms with Crippen LogP contribution in [0.4, 0.5) is 23.2 Å². The molecule has 1 unspecified atom stereocenters. The second kappa shape index (κ2) is 9.03. The number of aliphatic hydroxyl groups is 1. The first kappa shape index (κ1) is 26.4. The number of rotatable bonds is 6. The predicted molar refractivity (Wildman–Crippen MR) is 123 cm³/mol. The van der Waals surface area contributed by atoms with Gasteiger partial charge in [0, 0.05) is 22.9 Å². The number of aromatic nitrogens is 3. The minimum absolute atomic E-state index is 0.0260. The Bertz CT molecular complexity index is 1500. The predicted octanol–water partition coefficient (Wildman–Crippen LogP) is 4.71. The smallest absolute Gasteiger partial charge is 0.432 e. The first-order valence-electron chi connectivity index (χ1n) is 10.8. The van der Waals surface area contributed by atoms with Crippen LogP contribution in [-0.4, -0.2) is 36.7 Å². The van der Waals surface area contributed by atoms with E-state index in [1.807, 2.05) is 0 Å². The second-order valence-electron chi connectivity index (χ2n) is 8.71. The number of nitrogens with zero attached hydrogens (tertiary/aromatic N) is 3. The molecule has 3 aromatic rings. The molecule has 0 spiro atoms. The summed E-state index contributed by atoms with van der Waals surface area (Å²) in [7, 11) is -3.14. The van der Waals surface area contributed by atoms with Gasteiger partial charge in [-0.05, 0) is 50.5 Å². The highest BCUT2D eigenvalue weighted by atomic mass is 32.2. The van der Waals surface area contributed by atoms with Crippen LogP contribution >= 0.6 is 0 Å². The van der Waals surface area contributed by atoms with Crippen molar-refractivity contribution < 1.29 is 36.4 Å². The van der Waals surface area contributed by atoms with Gasteiger partial charge in [-0.3, -0.25) is 9.78 Å². The number of halogens is 4. The van der Waals surface area contributed by atoms with Crippen molar-refractivity contribution in [3.8, 4) is 11.6 Å². The number of ether oxygens (including phenoxy) is 1. The molecule has 1 atom stereocenters. The van der Waals surface area contributed by atoms with E-state index in [-0.39, 0.29) is 22.0 Å². The van der Waals surface area contributed by atoms with Crippen molar-refractivity contribution in [2.45, 2.75) is 43.4 Å². The molecular weight excluding hydrogens is 518 g/mol. The monoisotopic (exact) mass is 539 g/mol. The van der Waals surface area contributed by atoms with E-state index in [1.54, 1.807) is 0 Å². The summed E-state index contributed by atoms with van der Waals surface area (Å²) < 4.78 is 80.7. The number of hydrogen-bond donors (Lipinski definition) is 3. The zero-order valence-corrected chi connectivity index (χ0v) is 20.6. The standard InChI is InChI=1S/C23H21F4N5O4S/c1-11-17(20(33)30-13-5-4-6-14(9-13)37(3,28)35)21(32-31-19(11)23(25,26)27)36-18-12(2)29-16(10-15(18)24)22(34)7-8-22/h4-6,9-10,28,34H,7-8H2,1-3H3,(H,30,33). The minimum atomic E-state index is -4.95. The molecule has 1 aliphatic carbocycles. The van der Waals surface area contributed by atoms with E-state index in [9.17, 15) is 31.7 Å². The van der Waals surface area contributed by atoms with E-state index >= 15 is 0 Å². The van der Waals surface area contributed by atoms with Crippen LogP contribution in [0.15, 0.2) is 35.2 Å². The van der Waals surface area contributed by atoms with Crippen molar-refractivity contribution in [2.24, 2.45) is 0 Å². The first-order chi connectivity index (χ1) is 17.1. The molecule has 1 aromatic carbocycles. The van der Waals surface area contributed by atoms with Crippen molar-refractivity contribution in [2.75, 3.05) is 11.6 Å². The molecule has 1 amide bonds. The van der Waals surface area contributed by atoms with Crippen LogP contribution in [0.5, 0.6) is 11.6 Å². The molecule has 2 heterocycles. The number of anilines is 1. The van der Waals surface area contributed by atoms with Crippen LogP contribution in [-0.2, 0) is 21.5 Å². The molecule has 9 nitrogen and oxygen atoms in total. The molecule has 196 valence electrons. The van der Waals surface area contributed by atoms with E-state index in [1.165, 1.54) is 37.4 Å². The lowest BCUT2D eigenvalue weighted by Gasteiger charge is -2.17. The lowest BCUT2D eigenvalue weighted by atomic mass is 10.1. The Morgan fingerprint density at radius 2 is 1.89 bits per heavy atom. The molecule has 1 saturated carbocycles. The van der Waals surface area contributed by atoms with Gasteiger partial charge >= 0.3 is 6.18 Å². The number of benzene rings is 1. The van der Waals surface area contributed by atoms with Crippen molar-refractivity contribution >= 4 is 21.3 Å². The summed E-state index contributed by atoms with van der Waals surface area (Å²) in [6.45, 7) is 2.36. The van der Waals surface area contributed by atoms with Crippen LogP contribution in [0.2, 0.25) is 0 Å². The molecule has 0 saturated heterocycles. The van der Waals surface area contributed by atoms with E-state index in [4.69, 9.17) is 9.52 Å². The number of nitrogens with one attached hydrogen (secondary N) is 2. The van der Waals surface area contributed by atoms with Crippen molar-refractivity contribution in [3.05, 3.63) is 64.4 Å². The van der Waals surface area contributed by atoms with Gasteiger partial charge in [0.2, 0.25) is 0 Å². The van der Waals surface area contributed by atoms with Crippen molar-refractivity contribution in [1.29, 1.82) is 4.78 Å². The lowest BCUT2D eigenvalue weighted by Crippen LogP contribution is -2.21. The zero-order chi connectivity index (χ0) is 27.3. The Morgan fingerprint density at radius 3 is 2.46 bits per heavy atom. The van der Waals surface area contributed by atoms with Gasteiger partial charge in [-0.1, -0.05) is 6.07 Å². The number of carbonyl (C=O) groups is 1. The Hall–Kier alpha value is -3.65. The van der Waals surface area contributed by atoms with Gasteiger partial charge in [0.25, 0.3) is 11.8 Å². The van der Waals surface area contributed by atoms with E-state index in [2.05, 4.69) is 20.5 Å². The highest BCUT2D eigenvalue weighted by Gasteiger charge is 2.44. The summed E-state index contributed by atoms with van der Waals surface area (Å²) in [5.74, 6) is -3.26. The number of aryl methyl sites for hydroxylation is 1. The summed E-state index contributed by atoms with van der Waals surface area (Å²) in [6.07, 6.45) is -2.97. The van der Waals surface area contributed by atoms with E-state index < -0.39 is 61.7 Å². The zero-order valence-electron chi connectivity index (χ0n) is 19.7. The Labute approximate surface area is 208 Å². The maximum atomic E-state index is 14.9. The number of hydrogen-bond acceptors (Lipinski definition) is 8. The molecule has 37 heavy (non-hydrogen) atoms. The van der Waals surface area contributed by atoms with Gasteiger partial charge in [-0.25, -0.2) is 13.4 Å². The molecule has 1 fully saturated rings. The van der Waals surface area contributed by atoms with Gasteiger partial charge < -0.3 is 15.2 Å². The number of alkyl halides is 3. The third kappa shape index (κ3) is 5.39. The molecule has 0 radical (unpaired) electrons. The minimum Gasteiger partial charge on any atom is -0.432 e. The molecule has 4 rings (SSSR count). The van der Waals surface area contributed by atoms with Gasteiger partial charge in [-0.2, -0.15) is 13.2 Å². The summed E-state index contributed by atoms with van der Waals surface area (Å²) in [4.78, 5) is 17.4. The average Bonchev–Trinajstić information content (AvgIpc) is 3.53. The Kier molecular flexibility index (Phi) is 6.44. The third-order valence-electron chi connectivity index (χ3n) is 5.72. The SMILES string of the molecule is Cc1nc(C2(O)CC2)cc(F)c1Oc1nnc(C(F)(F)F)c(C)c1C(=O)Nc1cccc(S(C)(=N)=O)c1. The molecule has 1 aliphatic rings. The molecule has 2 aromatic heterocycles. The quantitative estimate of drug-likeness (QED) is 0.386. The van der Waals surface area contributed by atoms with Gasteiger partial charge in [-0.15, -0.1) is 10.2 Å². The maximum absolute atomic E-state index is 14.9. The third-order valence-corrected chi connectivity index (χ3v) is 6.87. The number of amides is 1. The summed E-state index contributed by atoms with van der Waals surface area (Å²) in [5.41, 5.74) is -3.86. The van der Waals surface area contributed by atoms with Crippen molar-refractivity contribution in [1.82, 2.24) is 15.2 Å². The Morgan fingerprint density at radius 1 is 1.22 bits per heavy atom. The van der Waals surface area contributed by atoms with Crippen LogP contribution in [0.25, 0.3) is 0 Å². The topological polar surface area (TPSA) is 138 Å². The molecule has 3 N–H and O–H groups in total. The van der Waals surface area contributed by atoms with E-state index in [0.717, 1.165) is 13.0 Å². The average molecular weight is 540 g/mol. The Balaban J connectivity index is 1.77. The molecular formula is C23H21F4N5O4S. The van der Waals surface area contributed by atoms with Gasteiger partial charge in [0.15, 0.2) is 17.3 Å². The fraction of sp³-hybridized carbons (Fsp3) is 0.304. The number of pyridine rings is 1. The second-order valence-corrected chi connectivity index (χ2v) is 10.9. The summed E-state index contributed by atoms with van der Waals surface area (Å²) in [5, 5.41) is 19.2. The molecule has 0 bridgehead atoms. The largest absolute Gasteiger partial charge is 0.435 e. The van der Waals surface area contributed by atoms with Crippen LogP contribution in [0.1, 0.15) is 45.8 Å². The maximum Gasteiger partial charge on any atom is 0.435 e. The summed E-state index contributed by atoms with van der Waals surface area (Å²) >= 11 is 0. The highest BCUT2D eigenvalue weighted by molar-refractivity contribution is 7.91. The molecule has 14 heteroatoms. The molecule has 0 aliphatic heterocycles. The van der Waals surface area contributed by atoms with Crippen LogP contribution in [0.3, 0.4) is 0 Å². The fourth-order valence-electron chi connectivity index (χ4n) is 3.57. The normalized spacial score (nSPS) is 16.1.